The largest absolute Gasteiger partial charge is 0.304 e. The molecule has 0 radical (unpaired) electrons. The molecule has 0 aliphatic carbocycles. The van der Waals surface area contributed by atoms with Gasteiger partial charge in [-0.05, 0) is 30.0 Å². The summed E-state index contributed by atoms with van der Waals surface area (Å²) in [6, 6.07) is 14.6. The lowest BCUT2D eigenvalue weighted by molar-refractivity contribution is 0.0980. The van der Waals surface area contributed by atoms with Gasteiger partial charge in [0.2, 0.25) is 0 Å². The maximum Gasteiger partial charge on any atom is 0.304 e. The summed E-state index contributed by atoms with van der Waals surface area (Å²) in [4.78, 5) is 18.6. The molecule has 0 fully saturated rings. The first-order valence-electron chi connectivity index (χ1n) is 9.47. The highest BCUT2D eigenvalue weighted by Crippen LogP contribution is 2.29. The second kappa shape index (κ2) is 8.22. The molecule has 3 heterocycles. The zero-order chi connectivity index (χ0) is 22.2. The summed E-state index contributed by atoms with van der Waals surface area (Å²) in [6.45, 7) is 1.91. The Labute approximate surface area is 184 Å². The molecule has 160 valence electrons. The molecule has 3 aromatic heterocycles. The van der Waals surface area contributed by atoms with Crippen LogP contribution in [0.2, 0.25) is 0 Å². The van der Waals surface area contributed by atoms with Crippen LogP contribution in [0.15, 0.2) is 53.9 Å². The summed E-state index contributed by atoms with van der Waals surface area (Å²) >= 11 is 1.49. The van der Waals surface area contributed by atoms with Gasteiger partial charge < -0.3 is 0 Å². The number of benzene rings is 1. The van der Waals surface area contributed by atoms with Crippen LogP contribution in [0, 0.1) is 6.92 Å². The van der Waals surface area contributed by atoms with Crippen molar-refractivity contribution in [1.82, 2.24) is 23.8 Å². The van der Waals surface area contributed by atoms with Gasteiger partial charge in [-0.1, -0.05) is 36.4 Å². The van der Waals surface area contributed by atoms with E-state index in [0.717, 1.165) is 14.7 Å². The molecule has 0 saturated carbocycles. The molecule has 1 N–H and O–H groups in total. The molecule has 0 spiro atoms. The predicted molar refractivity (Wildman–Crippen MR) is 121 cm³/mol. The van der Waals surface area contributed by atoms with Gasteiger partial charge in [0.25, 0.3) is 5.91 Å². The zero-order valence-corrected chi connectivity index (χ0v) is 18.9. The van der Waals surface area contributed by atoms with Crippen molar-refractivity contribution in [3.8, 4) is 10.6 Å². The predicted octanol–water partition coefficient (Wildman–Crippen LogP) is 3.11. The summed E-state index contributed by atoms with van der Waals surface area (Å²) in [5.74, 6) is -0.721. The quantitative estimate of drug-likeness (QED) is 0.482. The zero-order valence-electron chi connectivity index (χ0n) is 17.2. The van der Waals surface area contributed by atoms with Crippen LogP contribution < -0.4 is 4.72 Å². The van der Waals surface area contributed by atoms with Crippen molar-refractivity contribution < 1.29 is 13.2 Å². The summed E-state index contributed by atoms with van der Waals surface area (Å²) in [7, 11) is -0.888. The number of aromatic nitrogens is 3. The maximum atomic E-state index is 13.1. The minimum absolute atomic E-state index is 0.140. The Kier molecular flexibility index (Phi) is 5.61. The van der Waals surface area contributed by atoms with E-state index < -0.39 is 16.1 Å². The molecule has 1 aromatic carbocycles. The Bertz CT molecular complexity index is 1350. The molecular weight excluding hydrogens is 434 g/mol. The van der Waals surface area contributed by atoms with Crippen LogP contribution in [0.5, 0.6) is 0 Å². The van der Waals surface area contributed by atoms with Gasteiger partial charge in [-0.2, -0.15) is 17.8 Å². The Morgan fingerprint density at radius 2 is 1.94 bits per heavy atom. The molecule has 0 saturated heterocycles. The molecule has 0 aliphatic heterocycles. The van der Waals surface area contributed by atoms with E-state index in [1.807, 2.05) is 47.8 Å². The fraction of sp³-hybridized carbons (Fsp3) is 0.190. The highest BCUT2D eigenvalue weighted by molar-refractivity contribution is 7.87. The fourth-order valence-corrected chi connectivity index (χ4v) is 4.86. The molecule has 0 unspecified atom stereocenters. The first-order chi connectivity index (χ1) is 14.8. The lowest BCUT2D eigenvalue weighted by Crippen LogP contribution is -2.41. The van der Waals surface area contributed by atoms with Crippen molar-refractivity contribution >= 4 is 38.5 Å². The molecule has 10 heteroatoms. The highest BCUT2D eigenvalue weighted by Gasteiger charge is 2.25. The molecule has 31 heavy (non-hydrogen) atoms. The van der Waals surface area contributed by atoms with Gasteiger partial charge in [0, 0.05) is 20.6 Å². The third-order valence-electron chi connectivity index (χ3n) is 4.87. The van der Waals surface area contributed by atoms with Crippen LogP contribution in [0.1, 0.15) is 21.6 Å². The number of aryl methyl sites for hydroxylation is 2. The smallest absolute Gasteiger partial charge is 0.268 e. The van der Waals surface area contributed by atoms with Crippen LogP contribution in [0.4, 0.5) is 0 Å². The van der Waals surface area contributed by atoms with E-state index >= 15 is 0 Å². The highest BCUT2D eigenvalue weighted by atomic mass is 32.2. The maximum absolute atomic E-state index is 13.1. The van der Waals surface area contributed by atoms with E-state index in [2.05, 4.69) is 14.8 Å². The summed E-state index contributed by atoms with van der Waals surface area (Å²) < 4.78 is 30.5. The van der Waals surface area contributed by atoms with E-state index in [9.17, 15) is 13.2 Å². The van der Waals surface area contributed by atoms with E-state index in [1.165, 1.54) is 18.4 Å². The standard InChI is InChI=1S/C21H21N5O3S2/c1-14-19-16(12-17(18-10-7-11-30-18)22-20(19)26(3)23-14)21(27)24-31(28,29)25(2)13-15-8-5-4-6-9-15/h4-12H,13H2,1-3H3,(H,24,27). The Morgan fingerprint density at radius 3 is 2.61 bits per heavy atom. The van der Waals surface area contributed by atoms with Gasteiger partial charge in [0.05, 0.1) is 27.2 Å². The first-order valence-corrected chi connectivity index (χ1v) is 11.8. The van der Waals surface area contributed by atoms with Crippen molar-refractivity contribution in [3.05, 3.63) is 70.7 Å². The van der Waals surface area contributed by atoms with E-state index in [-0.39, 0.29) is 12.1 Å². The normalized spacial score (nSPS) is 11.9. The van der Waals surface area contributed by atoms with Gasteiger partial charge in [-0.15, -0.1) is 11.3 Å². The average Bonchev–Trinajstić information content (AvgIpc) is 3.36. The molecular formula is C21H21N5O3S2. The number of hydrogen-bond acceptors (Lipinski definition) is 6. The lowest BCUT2D eigenvalue weighted by atomic mass is 10.1. The van der Waals surface area contributed by atoms with Crippen LogP contribution in [0.3, 0.4) is 0 Å². The SMILES string of the molecule is Cc1nn(C)c2nc(-c3cccs3)cc(C(=O)NS(=O)(=O)N(C)Cc3ccccc3)c12. The van der Waals surface area contributed by atoms with Crippen LogP contribution in [-0.2, 0) is 23.8 Å². The lowest BCUT2D eigenvalue weighted by Gasteiger charge is -2.18. The summed E-state index contributed by atoms with van der Waals surface area (Å²) in [5, 5.41) is 6.80. The van der Waals surface area contributed by atoms with Crippen LogP contribution in [-0.4, -0.2) is 40.4 Å². The number of carbonyl (C=O) groups excluding carboxylic acids is 1. The molecule has 4 aromatic rings. The minimum atomic E-state index is -4.06. The Hall–Kier alpha value is -3.08. The van der Waals surface area contributed by atoms with Crippen molar-refractivity contribution in [1.29, 1.82) is 0 Å². The van der Waals surface area contributed by atoms with E-state index in [1.54, 1.807) is 24.7 Å². The number of rotatable bonds is 6. The number of nitrogens with one attached hydrogen (secondary N) is 1. The number of amides is 1. The topological polar surface area (TPSA) is 97.2 Å². The number of carbonyl (C=O) groups is 1. The third-order valence-corrected chi connectivity index (χ3v) is 7.15. The minimum Gasteiger partial charge on any atom is -0.268 e. The fourth-order valence-electron chi connectivity index (χ4n) is 3.35. The number of fused-ring (bicyclic) bond motifs is 1. The van der Waals surface area contributed by atoms with E-state index in [4.69, 9.17) is 0 Å². The monoisotopic (exact) mass is 455 g/mol. The molecule has 8 nitrogen and oxygen atoms in total. The summed E-state index contributed by atoms with van der Waals surface area (Å²) in [6.07, 6.45) is 0. The first kappa shape index (κ1) is 21.2. The van der Waals surface area contributed by atoms with Gasteiger partial charge >= 0.3 is 10.2 Å². The molecule has 0 bridgehead atoms. The summed E-state index contributed by atoms with van der Waals surface area (Å²) in [5.41, 5.74) is 2.74. The third kappa shape index (κ3) is 4.22. The van der Waals surface area contributed by atoms with Gasteiger partial charge in [-0.25, -0.2) is 9.71 Å². The van der Waals surface area contributed by atoms with Crippen molar-refractivity contribution in [2.24, 2.45) is 7.05 Å². The molecule has 4 rings (SSSR count). The van der Waals surface area contributed by atoms with Crippen LogP contribution in [0.25, 0.3) is 21.6 Å². The van der Waals surface area contributed by atoms with E-state index in [0.29, 0.717) is 22.4 Å². The van der Waals surface area contributed by atoms with Gasteiger partial charge in [0.15, 0.2) is 5.65 Å². The van der Waals surface area contributed by atoms with Gasteiger partial charge in [0.1, 0.15) is 0 Å². The van der Waals surface area contributed by atoms with Crippen molar-refractivity contribution in [2.45, 2.75) is 13.5 Å². The molecule has 0 atom stereocenters. The van der Waals surface area contributed by atoms with Gasteiger partial charge in [-0.3, -0.25) is 9.48 Å². The molecule has 0 aliphatic rings. The number of pyridine rings is 1. The number of thiophene rings is 1. The van der Waals surface area contributed by atoms with Crippen molar-refractivity contribution in [2.75, 3.05) is 7.05 Å². The molecule has 1 amide bonds. The second-order valence-electron chi connectivity index (χ2n) is 7.12. The average molecular weight is 456 g/mol. The van der Waals surface area contributed by atoms with Crippen molar-refractivity contribution in [3.63, 3.8) is 0 Å². The number of hydrogen-bond donors (Lipinski definition) is 1. The van der Waals surface area contributed by atoms with Crippen LogP contribution >= 0.6 is 11.3 Å². The Balaban J connectivity index is 1.70. The number of nitrogens with zero attached hydrogens (tertiary/aromatic N) is 4. The second-order valence-corrected chi connectivity index (χ2v) is 9.84. The Morgan fingerprint density at radius 1 is 1.19 bits per heavy atom.